The maximum absolute atomic E-state index is 12.4. The van der Waals surface area contributed by atoms with Crippen LogP contribution in [0.2, 0.25) is 0 Å². The highest BCUT2D eigenvalue weighted by Crippen LogP contribution is 2.28. The zero-order chi connectivity index (χ0) is 21.3. The first-order valence-corrected chi connectivity index (χ1v) is 9.35. The van der Waals surface area contributed by atoms with Crippen molar-refractivity contribution in [2.75, 3.05) is 13.7 Å². The Labute approximate surface area is 175 Å². The summed E-state index contributed by atoms with van der Waals surface area (Å²) >= 11 is 0. The molecule has 1 aromatic heterocycles. The van der Waals surface area contributed by atoms with E-state index in [1.54, 1.807) is 36.8 Å². The number of rotatable bonds is 8. The number of nitriles is 1. The van der Waals surface area contributed by atoms with Gasteiger partial charge in [-0.1, -0.05) is 18.2 Å². The van der Waals surface area contributed by atoms with Gasteiger partial charge in [0.25, 0.3) is 0 Å². The highest BCUT2D eigenvalue weighted by atomic mass is 16.5. The molecule has 1 amide bonds. The van der Waals surface area contributed by atoms with Crippen LogP contribution in [0, 0.1) is 11.3 Å². The smallest absolute Gasteiger partial charge is 0.244 e. The number of ether oxygens (including phenoxy) is 2. The summed E-state index contributed by atoms with van der Waals surface area (Å²) in [5, 5.41) is 11.6. The highest BCUT2D eigenvalue weighted by molar-refractivity contribution is 5.92. The number of nitrogens with one attached hydrogen (secondary N) is 1. The number of methoxy groups -OCH3 is 1. The molecule has 1 atom stereocenters. The van der Waals surface area contributed by atoms with Crippen molar-refractivity contribution in [3.05, 3.63) is 78.4 Å². The monoisotopic (exact) mass is 402 g/mol. The van der Waals surface area contributed by atoms with Crippen LogP contribution < -0.4 is 14.8 Å². The molecule has 1 unspecified atom stereocenters. The van der Waals surface area contributed by atoms with E-state index in [1.165, 1.54) is 13.2 Å². The Balaban J connectivity index is 1.64. The number of carbonyl (C=O) groups is 1. The summed E-state index contributed by atoms with van der Waals surface area (Å²) < 4.78 is 12.5. The number of benzene rings is 2. The SMILES string of the molecule is COc1cc(/C=C/C(=O)NC(C)c2cccc(-n3ccnc3)c2)ccc1OCC#N. The van der Waals surface area contributed by atoms with Crippen molar-refractivity contribution in [2.45, 2.75) is 13.0 Å². The van der Waals surface area contributed by atoms with E-state index in [0.29, 0.717) is 11.5 Å². The van der Waals surface area contributed by atoms with Gasteiger partial charge in [-0.25, -0.2) is 4.98 Å². The summed E-state index contributed by atoms with van der Waals surface area (Å²) in [5.74, 6) is 0.767. The van der Waals surface area contributed by atoms with E-state index in [4.69, 9.17) is 14.7 Å². The molecule has 152 valence electrons. The molecule has 7 nitrogen and oxygen atoms in total. The average Bonchev–Trinajstić information content (AvgIpc) is 3.31. The number of carbonyl (C=O) groups excluding carboxylic acids is 1. The first-order valence-electron chi connectivity index (χ1n) is 9.35. The Morgan fingerprint density at radius 3 is 2.90 bits per heavy atom. The Morgan fingerprint density at radius 1 is 1.30 bits per heavy atom. The normalized spacial score (nSPS) is 11.6. The van der Waals surface area contributed by atoms with Crippen LogP contribution in [0.25, 0.3) is 11.8 Å². The average molecular weight is 402 g/mol. The van der Waals surface area contributed by atoms with E-state index < -0.39 is 0 Å². The fraction of sp³-hybridized carbons (Fsp3) is 0.174. The largest absolute Gasteiger partial charge is 0.493 e. The van der Waals surface area contributed by atoms with Gasteiger partial charge in [-0.3, -0.25) is 4.79 Å². The first-order chi connectivity index (χ1) is 14.6. The van der Waals surface area contributed by atoms with Crippen molar-refractivity contribution in [3.63, 3.8) is 0 Å². The maximum atomic E-state index is 12.4. The van der Waals surface area contributed by atoms with Gasteiger partial charge in [-0.05, 0) is 48.4 Å². The van der Waals surface area contributed by atoms with Gasteiger partial charge in [0, 0.05) is 24.2 Å². The van der Waals surface area contributed by atoms with Crippen molar-refractivity contribution >= 4 is 12.0 Å². The molecule has 0 saturated carbocycles. The lowest BCUT2D eigenvalue weighted by Gasteiger charge is -2.14. The topological polar surface area (TPSA) is 89.2 Å². The van der Waals surface area contributed by atoms with Crippen molar-refractivity contribution in [2.24, 2.45) is 0 Å². The van der Waals surface area contributed by atoms with Gasteiger partial charge in [0.15, 0.2) is 18.1 Å². The minimum absolute atomic E-state index is 0.0616. The predicted octanol–water partition coefficient (Wildman–Crippen LogP) is 3.67. The molecular formula is C23H22N4O3. The van der Waals surface area contributed by atoms with E-state index in [-0.39, 0.29) is 18.6 Å². The third-order valence-corrected chi connectivity index (χ3v) is 4.44. The van der Waals surface area contributed by atoms with Crippen molar-refractivity contribution in [1.29, 1.82) is 5.26 Å². The number of amides is 1. The Bertz CT molecular complexity index is 1070. The van der Waals surface area contributed by atoms with Gasteiger partial charge in [-0.15, -0.1) is 0 Å². The van der Waals surface area contributed by atoms with Crippen molar-refractivity contribution < 1.29 is 14.3 Å². The fourth-order valence-corrected chi connectivity index (χ4v) is 2.90. The second kappa shape index (κ2) is 9.94. The molecule has 2 aromatic carbocycles. The number of aromatic nitrogens is 2. The zero-order valence-electron chi connectivity index (χ0n) is 16.8. The van der Waals surface area contributed by atoms with E-state index >= 15 is 0 Å². The van der Waals surface area contributed by atoms with Crippen LogP contribution in [-0.2, 0) is 4.79 Å². The number of hydrogen-bond donors (Lipinski definition) is 1. The molecule has 0 radical (unpaired) electrons. The van der Waals surface area contributed by atoms with Gasteiger partial charge >= 0.3 is 0 Å². The molecule has 0 aliphatic rings. The lowest BCUT2D eigenvalue weighted by Crippen LogP contribution is -2.24. The van der Waals surface area contributed by atoms with Crippen LogP contribution in [0.3, 0.4) is 0 Å². The van der Waals surface area contributed by atoms with Gasteiger partial charge in [0.1, 0.15) is 6.07 Å². The molecule has 0 fully saturated rings. The summed E-state index contributed by atoms with van der Waals surface area (Å²) in [7, 11) is 1.52. The van der Waals surface area contributed by atoms with Gasteiger partial charge in [0.05, 0.1) is 19.5 Å². The third-order valence-electron chi connectivity index (χ3n) is 4.44. The van der Waals surface area contributed by atoms with E-state index in [9.17, 15) is 4.79 Å². The maximum Gasteiger partial charge on any atom is 0.244 e. The summed E-state index contributed by atoms with van der Waals surface area (Å²) in [6.45, 7) is 1.87. The van der Waals surface area contributed by atoms with Crippen LogP contribution >= 0.6 is 0 Å². The van der Waals surface area contributed by atoms with Crippen LogP contribution in [0.15, 0.2) is 67.3 Å². The van der Waals surface area contributed by atoms with E-state index in [1.807, 2.05) is 48.0 Å². The van der Waals surface area contributed by atoms with Crippen molar-refractivity contribution in [3.8, 4) is 23.3 Å². The van der Waals surface area contributed by atoms with Crippen LogP contribution in [-0.4, -0.2) is 29.2 Å². The molecule has 0 aliphatic heterocycles. The predicted molar refractivity (Wildman–Crippen MR) is 113 cm³/mol. The lowest BCUT2D eigenvalue weighted by molar-refractivity contribution is -0.117. The summed E-state index contributed by atoms with van der Waals surface area (Å²) in [4.78, 5) is 16.4. The zero-order valence-corrected chi connectivity index (χ0v) is 16.8. The minimum atomic E-state index is -0.209. The Kier molecular flexibility index (Phi) is 6.85. The number of hydrogen-bond acceptors (Lipinski definition) is 5. The minimum Gasteiger partial charge on any atom is -0.493 e. The summed E-state index contributed by atoms with van der Waals surface area (Å²) in [6.07, 6.45) is 8.49. The number of imidazole rings is 1. The summed E-state index contributed by atoms with van der Waals surface area (Å²) in [5.41, 5.74) is 2.75. The van der Waals surface area contributed by atoms with E-state index in [0.717, 1.165) is 16.8 Å². The third kappa shape index (κ3) is 5.26. The molecule has 3 aromatic rings. The summed E-state index contributed by atoms with van der Waals surface area (Å²) in [6, 6.07) is 14.9. The Hall–Kier alpha value is -4.05. The quantitative estimate of drug-likeness (QED) is 0.581. The lowest BCUT2D eigenvalue weighted by atomic mass is 10.1. The Morgan fingerprint density at radius 2 is 2.17 bits per heavy atom. The molecular weight excluding hydrogens is 380 g/mol. The van der Waals surface area contributed by atoms with Gasteiger partial charge in [0.2, 0.25) is 5.91 Å². The van der Waals surface area contributed by atoms with Crippen LogP contribution in [0.5, 0.6) is 11.5 Å². The molecule has 0 saturated heterocycles. The van der Waals surface area contributed by atoms with Crippen LogP contribution in [0.1, 0.15) is 24.1 Å². The molecule has 30 heavy (non-hydrogen) atoms. The molecule has 1 N–H and O–H groups in total. The molecule has 0 bridgehead atoms. The van der Waals surface area contributed by atoms with Gasteiger partial charge < -0.3 is 19.4 Å². The van der Waals surface area contributed by atoms with E-state index in [2.05, 4.69) is 10.3 Å². The highest BCUT2D eigenvalue weighted by Gasteiger charge is 2.09. The fourth-order valence-electron chi connectivity index (χ4n) is 2.90. The second-order valence-electron chi connectivity index (χ2n) is 6.49. The number of nitrogens with zero attached hydrogens (tertiary/aromatic N) is 3. The second-order valence-corrected chi connectivity index (χ2v) is 6.49. The first kappa shape index (κ1) is 20.7. The molecule has 1 heterocycles. The molecule has 0 spiro atoms. The molecule has 3 rings (SSSR count). The standard InChI is InChI=1S/C23H22N4O3/c1-17(19-4-3-5-20(15-19)27-12-11-25-16-27)26-23(28)9-7-18-6-8-21(30-13-10-24)22(14-18)29-2/h3-9,11-12,14-17H,13H2,1-2H3,(H,26,28)/b9-7+. The molecule has 0 aliphatic carbocycles. The van der Waals surface area contributed by atoms with Gasteiger partial charge in [-0.2, -0.15) is 5.26 Å². The molecule has 7 heteroatoms. The van der Waals surface area contributed by atoms with Crippen LogP contribution in [0.4, 0.5) is 0 Å². The van der Waals surface area contributed by atoms with Crippen molar-refractivity contribution in [1.82, 2.24) is 14.9 Å².